The maximum absolute atomic E-state index is 11.5. The van der Waals surface area contributed by atoms with Gasteiger partial charge in [0.15, 0.2) is 0 Å². The molecule has 0 aliphatic heterocycles. The smallest absolute Gasteiger partial charge is 0.407 e. The molecule has 0 unspecified atom stereocenters. The highest BCUT2D eigenvalue weighted by atomic mass is 16.6. The van der Waals surface area contributed by atoms with Gasteiger partial charge in [0, 0.05) is 24.2 Å². The van der Waals surface area contributed by atoms with Gasteiger partial charge in [-0.05, 0) is 33.3 Å². The standard InChI is InChI=1S/C16H22N2O5/c1-16(2,3)23-15(19)17-10-6-5-7-12-11-13(18(20)21)8-9-14(12)22-4/h5,7-9,11H,6,10H2,1-4H3,(H,17,19). The summed E-state index contributed by atoms with van der Waals surface area (Å²) in [5.74, 6) is 0.548. The van der Waals surface area contributed by atoms with Crippen molar-refractivity contribution in [3.8, 4) is 5.75 Å². The molecule has 1 aromatic carbocycles. The molecule has 0 aliphatic carbocycles. The Morgan fingerprint density at radius 3 is 2.65 bits per heavy atom. The van der Waals surface area contributed by atoms with Gasteiger partial charge in [0.1, 0.15) is 11.4 Å². The second kappa shape index (κ2) is 8.17. The van der Waals surface area contributed by atoms with E-state index in [-0.39, 0.29) is 5.69 Å². The van der Waals surface area contributed by atoms with Gasteiger partial charge in [-0.15, -0.1) is 0 Å². The molecule has 0 atom stereocenters. The van der Waals surface area contributed by atoms with Crippen molar-refractivity contribution in [3.63, 3.8) is 0 Å². The van der Waals surface area contributed by atoms with Crippen LogP contribution in [0.3, 0.4) is 0 Å². The fourth-order valence-electron chi connectivity index (χ4n) is 1.75. The van der Waals surface area contributed by atoms with Gasteiger partial charge in [-0.2, -0.15) is 0 Å². The lowest BCUT2D eigenvalue weighted by Gasteiger charge is -2.19. The Balaban J connectivity index is 2.56. The number of methoxy groups -OCH3 is 1. The van der Waals surface area contributed by atoms with Crippen molar-refractivity contribution in [3.05, 3.63) is 40.0 Å². The van der Waals surface area contributed by atoms with Crippen LogP contribution in [0.2, 0.25) is 0 Å². The molecule has 23 heavy (non-hydrogen) atoms. The number of carbonyl (C=O) groups excluding carboxylic acids is 1. The zero-order valence-electron chi connectivity index (χ0n) is 13.8. The van der Waals surface area contributed by atoms with Crippen LogP contribution in [0.1, 0.15) is 32.8 Å². The van der Waals surface area contributed by atoms with E-state index < -0.39 is 16.6 Å². The molecule has 0 radical (unpaired) electrons. The minimum Gasteiger partial charge on any atom is -0.496 e. The molecule has 0 heterocycles. The van der Waals surface area contributed by atoms with E-state index in [1.54, 1.807) is 39.0 Å². The average Bonchev–Trinajstić information content (AvgIpc) is 2.44. The summed E-state index contributed by atoms with van der Waals surface area (Å²) in [4.78, 5) is 21.8. The predicted molar refractivity (Wildman–Crippen MR) is 87.5 cm³/mol. The summed E-state index contributed by atoms with van der Waals surface area (Å²) in [6.07, 6.45) is 3.62. The molecule has 126 valence electrons. The largest absolute Gasteiger partial charge is 0.496 e. The molecule has 7 heteroatoms. The van der Waals surface area contributed by atoms with E-state index in [1.165, 1.54) is 19.2 Å². The van der Waals surface area contributed by atoms with Crippen LogP contribution in [0.5, 0.6) is 5.75 Å². The second-order valence-electron chi connectivity index (χ2n) is 5.80. The van der Waals surface area contributed by atoms with E-state index in [4.69, 9.17) is 9.47 Å². The molecule has 0 aromatic heterocycles. The Kier molecular flexibility index (Phi) is 6.56. The number of non-ortho nitro benzene ring substituents is 1. The molecule has 0 spiro atoms. The first-order valence-corrected chi connectivity index (χ1v) is 7.19. The number of nitro benzene ring substituents is 1. The lowest BCUT2D eigenvalue weighted by Crippen LogP contribution is -2.32. The van der Waals surface area contributed by atoms with E-state index in [9.17, 15) is 14.9 Å². The fraction of sp³-hybridized carbons (Fsp3) is 0.438. The van der Waals surface area contributed by atoms with Gasteiger partial charge in [-0.3, -0.25) is 10.1 Å². The van der Waals surface area contributed by atoms with Crippen molar-refractivity contribution < 1.29 is 19.2 Å². The Hall–Kier alpha value is -2.57. The first-order valence-electron chi connectivity index (χ1n) is 7.19. The second-order valence-corrected chi connectivity index (χ2v) is 5.80. The number of amides is 1. The Labute approximate surface area is 135 Å². The molecular weight excluding hydrogens is 300 g/mol. The van der Waals surface area contributed by atoms with Crippen LogP contribution < -0.4 is 10.1 Å². The number of carbonyl (C=O) groups is 1. The van der Waals surface area contributed by atoms with Gasteiger partial charge in [-0.1, -0.05) is 12.2 Å². The van der Waals surface area contributed by atoms with Crippen LogP contribution in [-0.4, -0.2) is 30.3 Å². The lowest BCUT2D eigenvalue weighted by atomic mass is 10.1. The quantitative estimate of drug-likeness (QED) is 0.491. The van der Waals surface area contributed by atoms with Crippen LogP contribution in [0.25, 0.3) is 6.08 Å². The summed E-state index contributed by atoms with van der Waals surface area (Å²) < 4.78 is 10.3. The molecule has 0 saturated carbocycles. The fourth-order valence-corrected chi connectivity index (χ4v) is 1.75. The highest BCUT2D eigenvalue weighted by Crippen LogP contribution is 2.25. The van der Waals surface area contributed by atoms with Crippen LogP contribution in [0, 0.1) is 10.1 Å². The Bertz CT molecular complexity index is 591. The summed E-state index contributed by atoms with van der Waals surface area (Å²) in [5, 5.41) is 13.4. The Morgan fingerprint density at radius 1 is 1.39 bits per heavy atom. The molecule has 1 rings (SSSR count). The molecule has 0 fully saturated rings. The van der Waals surface area contributed by atoms with Crippen molar-refractivity contribution in [2.75, 3.05) is 13.7 Å². The monoisotopic (exact) mass is 322 g/mol. The maximum Gasteiger partial charge on any atom is 0.407 e. The number of alkyl carbamates (subject to hydrolysis) is 1. The third kappa shape index (κ3) is 6.82. The molecule has 0 bridgehead atoms. The van der Waals surface area contributed by atoms with E-state index in [0.29, 0.717) is 24.3 Å². The Morgan fingerprint density at radius 2 is 2.09 bits per heavy atom. The number of nitrogens with one attached hydrogen (secondary N) is 1. The highest BCUT2D eigenvalue weighted by molar-refractivity contribution is 5.67. The number of nitrogens with zero attached hydrogens (tertiary/aromatic N) is 1. The van der Waals surface area contributed by atoms with E-state index in [0.717, 1.165) is 0 Å². The van der Waals surface area contributed by atoms with Crippen LogP contribution in [0.15, 0.2) is 24.3 Å². The third-order valence-corrected chi connectivity index (χ3v) is 2.70. The van der Waals surface area contributed by atoms with E-state index >= 15 is 0 Å². The zero-order chi connectivity index (χ0) is 17.5. The van der Waals surface area contributed by atoms with Crippen molar-refractivity contribution >= 4 is 17.9 Å². The van der Waals surface area contributed by atoms with Crippen molar-refractivity contribution in [1.29, 1.82) is 0 Å². The van der Waals surface area contributed by atoms with Crippen LogP contribution in [0.4, 0.5) is 10.5 Å². The molecule has 1 amide bonds. The number of nitro groups is 1. The first-order chi connectivity index (χ1) is 10.7. The van der Waals surface area contributed by atoms with Crippen molar-refractivity contribution in [1.82, 2.24) is 5.32 Å². The van der Waals surface area contributed by atoms with Gasteiger partial charge in [0.2, 0.25) is 0 Å². The number of hydrogen-bond donors (Lipinski definition) is 1. The lowest BCUT2D eigenvalue weighted by molar-refractivity contribution is -0.384. The van der Waals surface area contributed by atoms with Gasteiger partial charge < -0.3 is 14.8 Å². The maximum atomic E-state index is 11.5. The first kappa shape index (κ1) is 18.5. The van der Waals surface area contributed by atoms with Gasteiger partial charge in [0.25, 0.3) is 5.69 Å². The summed E-state index contributed by atoms with van der Waals surface area (Å²) in [5.41, 5.74) is 0.0762. The van der Waals surface area contributed by atoms with Crippen LogP contribution >= 0.6 is 0 Å². The minimum absolute atomic E-state index is 0.00247. The SMILES string of the molecule is COc1ccc([N+](=O)[O-])cc1C=CCCNC(=O)OC(C)(C)C. The van der Waals surface area contributed by atoms with Gasteiger partial charge in [-0.25, -0.2) is 4.79 Å². The molecular formula is C16H22N2O5. The molecule has 1 aromatic rings. The average molecular weight is 322 g/mol. The van der Waals surface area contributed by atoms with E-state index in [1.807, 2.05) is 0 Å². The predicted octanol–water partition coefficient (Wildman–Crippen LogP) is 3.53. The van der Waals surface area contributed by atoms with Crippen LogP contribution in [-0.2, 0) is 4.74 Å². The summed E-state index contributed by atoms with van der Waals surface area (Å²) in [6.45, 7) is 5.78. The van der Waals surface area contributed by atoms with Gasteiger partial charge >= 0.3 is 6.09 Å². The minimum atomic E-state index is -0.531. The van der Waals surface area contributed by atoms with Crippen molar-refractivity contribution in [2.45, 2.75) is 32.8 Å². The summed E-state index contributed by atoms with van der Waals surface area (Å²) >= 11 is 0. The number of rotatable bonds is 6. The van der Waals surface area contributed by atoms with E-state index in [2.05, 4.69) is 5.32 Å². The third-order valence-electron chi connectivity index (χ3n) is 2.70. The van der Waals surface area contributed by atoms with Crippen molar-refractivity contribution in [2.24, 2.45) is 0 Å². The summed E-state index contributed by atoms with van der Waals surface area (Å²) in [6, 6.07) is 4.38. The molecule has 0 aliphatic rings. The zero-order valence-corrected chi connectivity index (χ0v) is 13.8. The molecule has 0 saturated heterocycles. The summed E-state index contributed by atoms with van der Waals surface area (Å²) in [7, 11) is 1.50. The normalized spacial score (nSPS) is 11.3. The number of hydrogen-bond acceptors (Lipinski definition) is 5. The molecule has 1 N–H and O–H groups in total. The number of ether oxygens (including phenoxy) is 2. The number of benzene rings is 1. The molecule has 7 nitrogen and oxygen atoms in total. The van der Waals surface area contributed by atoms with Gasteiger partial charge in [0.05, 0.1) is 12.0 Å². The highest BCUT2D eigenvalue weighted by Gasteiger charge is 2.15. The topological polar surface area (TPSA) is 90.7 Å².